The van der Waals surface area contributed by atoms with E-state index in [4.69, 9.17) is 5.73 Å². The van der Waals surface area contributed by atoms with E-state index >= 15 is 0 Å². The lowest BCUT2D eigenvalue weighted by Crippen LogP contribution is -2.41. The maximum Gasteiger partial charge on any atom is 0.222 e. The van der Waals surface area contributed by atoms with Crippen molar-refractivity contribution in [1.82, 2.24) is 0 Å². The number of carbonyl (C=O) groups excluding carboxylic acids is 2. The molecule has 0 spiro atoms. The summed E-state index contributed by atoms with van der Waals surface area (Å²) in [6.45, 7) is 3.35. The standard InChI is InChI=1S/C15H20N2O2/c1-2-14(18)12-7-3-4-8-13(12)17-9-5-6-11(10-17)15(16)19/h3-4,7-8,11H,2,5-6,9-10H2,1H3,(H2,16,19). The van der Waals surface area contributed by atoms with Crippen LogP contribution in [-0.4, -0.2) is 24.8 Å². The number of hydrogen-bond donors (Lipinski definition) is 1. The number of amides is 1. The average molecular weight is 260 g/mol. The van der Waals surface area contributed by atoms with Gasteiger partial charge in [0.2, 0.25) is 5.91 Å². The number of carbonyl (C=O) groups is 2. The van der Waals surface area contributed by atoms with Gasteiger partial charge >= 0.3 is 0 Å². The summed E-state index contributed by atoms with van der Waals surface area (Å²) in [6, 6.07) is 7.61. The van der Waals surface area contributed by atoms with Gasteiger partial charge in [-0.2, -0.15) is 0 Å². The lowest BCUT2D eigenvalue weighted by molar-refractivity contribution is -0.122. The summed E-state index contributed by atoms with van der Waals surface area (Å²) in [5, 5.41) is 0. The van der Waals surface area contributed by atoms with Gasteiger partial charge in [0.1, 0.15) is 0 Å². The number of benzene rings is 1. The number of anilines is 1. The maximum atomic E-state index is 12.0. The topological polar surface area (TPSA) is 63.4 Å². The highest BCUT2D eigenvalue weighted by atomic mass is 16.1. The molecule has 1 saturated heterocycles. The molecule has 2 rings (SSSR count). The highest BCUT2D eigenvalue weighted by Gasteiger charge is 2.25. The zero-order valence-corrected chi connectivity index (χ0v) is 11.3. The first-order valence-corrected chi connectivity index (χ1v) is 6.80. The second kappa shape index (κ2) is 5.87. The number of ketones is 1. The molecule has 4 heteroatoms. The lowest BCUT2D eigenvalue weighted by atomic mass is 9.95. The zero-order valence-electron chi connectivity index (χ0n) is 11.3. The SMILES string of the molecule is CCC(=O)c1ccccc1N1CCCC(C(N)=O)C1. The first kappa shape index (κ1) is 13.6. The van der Waals surface area contributed by atoms with E-state index in [-0.39, 0.29) is 17.6 Å². The summed E-state index contributed by atoms with van der Waals surface area (Å²) in [5.41, 5.74) is 7.08. The van der Waals surface area contributed by atoms with Crippen molar-refractivity contribution in [3.8, 4) is 0 Å². The van der Waals surface area contributed by atoms with Crippen LogP contribution in [0, 0.1) is 5.92 Å². The third-order valence-electron chi connectivity index (χ3n) is 3.69. The van der Waals surface area contributed by atoms with Crippen molar-refractivity contribution in [2.75, 3.05) is 18.0 Å². The molecule has 1 aromatic rings. The minimum Gasteiger partial charge on any atom is -0.370 e. The van der Waals surface area contributed by atoms with Crippen LogP contribution in [0.1, 0.15) is 36.5 Å². The summed E-state index contributed by atoms with van der Waals surface area (Å²) in [4.78, 5) is 25.4. The molecule has 1 aromatic carbocycles. The maximum absolute atomic E-state index is 12.0. The Hall–Kier alpha value is -1.84. The zero-order chi connectivity index (χ0) is 13.8. The Balaban J connectivity index is 2.26. The van der Waals surface area contributed by atoms with Crippen LogP contribution in [0.15, 0.2) is 24.3 Å². The fourth-order valence-electron chi connectivity index (χ4n) is 2.60. The lowest BCUT2D eigenvalue weighted by Gasteiger charge is -2.34. The van der Waals surface area contributed by atoms with Crippen LogP contribution in [-0.2, 0) is 4.79 Å². The third kappa shape index (κ3) is 2.95. The summed E-state index contributed by atoms with van der Waals surface area (Å²) >= 11 is 0. The summed E-state index contributed by atoms with van der Waals surface area (Å²) < 4.78 is 0. The molecule has 0 saturated carbocycles. The Morgan fingerprint density at radius 1 is 1.37 bits per heavy atom. The van der Waals surface area contributed by atoms with Crippen molar-refractivity contribution in [1.29, 1.82) is 0 Å². The molecule has 0 bridgehead atoms. The van der Waals surface area contributed by atoms with Gasteiger partial charge in [0.05, 0.1) is 5.92 Å². The third-order valence-corrected chi connectivity index (χ3v) is 3.69. The summed E-state index contributed by atoms with van der Waals surface area (Å²) in [7, 11) is 0. The van der Waals surface area contributed by atoms with Crippen LogP contribution in [0.5, 0.6) is 0 Å². The van der Waals surface area contributed by atoms with Gasteiger partial charge in [-0.25, -0.2) is 0 Å². The second-order valence-corrected chi connectivity index (χ2v) is 4.98. The predicted molar refractivity (Wildman–Crippen MR) is 75.2 cm³/mol. The number of nitrogens with zero attached hydrogens (tertiary/aromatic N) is 1. The fraction of sp³-hybridized carbons (Fsp3) is 0.467. The van der Waals surface area contributed by atoms with E-state index < -0.39 is 0 Å². The molecular weight excluding hydrogens is 240 g/mol. The van der Waals surface area contributed by atoms with Gasteiger partial charge in [-0.3, -0.25) is 9.59 Å². The molecule has 102 valence electrons. The van der Waals surface area contributed by atoms with Crippen molar-refractivity contribution >= 4 is 17.4 Å². The smallest absolute Gasteiger partial charge is 0.222 e. The monoisotopic (exact) mass is 260 g/mol. The molecule has 1 atom stereocenters. The van der Waals surface area contributed by atoms with Gasteiger partial charge in [0.15, 0.2) is 5.78 Å². The van der Waals surface area contributed by atoms with Gasteiger partial charge < -0.3 is 10.6 Å². The molecule has 1 fully saturated rings. The number of Topliss-reactive ketones (excluding diaryl/α,β-unsaturated/α-hetero) is 1. The Morgan fingerprint density at radius 2 is 2.11 bits per heavy atom. The van der Waals surface area contributed by atoms with E-state index in [1.807, 2.05) is 31.2 Å². The van der Waals surface area contributed by atoms with Crippen LogP contribution in [0.2, 0.25) is 0 Å². The molecule has 0 aliphatic carbocycles. The Bertz CT molecular complexity index is 485. The number of hydrogen-bond acceptors (Lipinski definition) is 3. The molecule has 19 heavy (non-hydrogen) atoms. The number of para-hydroxylation sites is 1. The molecule has 1 aliphatic rings. The molecule has 1 unspecified atom stereocenters. The molecule has 0 radical (unpaired) electrons. The minimum absolute atomic E-state index is 0.112. The predicted octanol–water partition coefficient (Wildman–Crippen LogP) is 1.98. The quantitative estimate of drug-likeness (QED) is 0.842. The van der Waals surface area contributed by atoms with Crippen LogP contribution in [0.3, 0.4) is 0 Å². The van der Waals surface area contributed by atoms with Crippen molar-refractivity contribution in [2.24, 2.45) is 11.7 Å². The molecule has 2 N–H and O–H groups in total. The number of nitrogens with two attached hydrogens (primary N) is 1. The Morgan fingerprint density at radius 3 is 2.79 bits per heavy atom. The van der Waals surface area contributed by atoms with Crippen LogP contribution >= 0.6 is 0 Å². The highest BCUT2D eigenvalue weighted by Crippen LogP contribution is 2.27. The van der Waals surface area contributed by atoms with Crippen molar-refractivity contribution in [3.05, 3.63) is 29.8 Å². The highest BCUT2D eigenvalue weighted by molar-refractivity contribution is 6.01. The Kier molecular flexibility index (Phi) is 4.20. The van der Waals surface area contributed by atoms with Gasteiger partial charge in [-0.15, -0.1) is 0 Å². The molecule has 4 nitrogen and oxygen atoms in total. The summed E-state index contributed by atoms with van der Waals surface area (Å²) in [5.74, 6) is -0.223. The van der Waals surface area contributed by atoms with Crippen LogP contribution in [0.4, 0.5) is 5.69 Å². The average Bonchev–Trinajstić information content (AvgIpc) is 2.46. The summed E-state index contributed by atoms with van der Waals surface area (Å²) in [6.07, 6.45) is 2.27. The number of primary amides is 1. The van der Waals surface area contributed by atoms with E-state index in [0.29, 0.717) is 13.0 Å². The number of piperidine rings is 1. The van der Waals surface area contributed by atoms with Gasteiger partial charge in [-0.1, -0.05) is 19.1 Å². The van der Waals surface area contributed by atoms with E-state index in [9.17, 15) is 9.59 Å². The fourth-order valence-corrected chi connectivity index (χ4v) is 2.60. The van der Waals surface area contributed by atoms with Gasteiger partial charge in [-0.05, 0) is 25.0 Å². The van der Waals surface area contributed by atoms with E-state index in [2.05, 4.69) is 4.90 Å². The van der Waals surface area contributed by atoms with Crippen molar-refractivity contribution < 1.29 is 9.59 Å². The normalized spacial score (nSPS) is 19.2. The molecular formula is C15H20N2O2. The number of rotatable bonds is 4. The molecule has 1 amide bonds. The molecule has 1 aliphatic heterocycles. The first-order chi connectivity index (χ1) is 9.13. The van der Waals surface area contributed by atoms with Gasteiger partial charge in [0.25, 0.3) is 0 Å². The largest absolute Gasteiger partial charge is 0.370 e. The molecule has 0 aromatic heterocycles. The first-order valence-electron chi connectivity index (χ1n) is 6.80. The minimum atomic E-state index is -0.246. The molecule has 1 heterocycles. The van der Waals surface area contributed by atoms with Crippen LogP contribution < -0.4 is 10.6 Å². The van der Waals surface area contributed by atoms with Crippen LogP contribution in [0.25, 0.3) is 0 Å². The van der Waals surface area contributed by atoms with Crippen molar-refractivity contribution in [2.45, 2.75) is 26.2 Å². The van der Waals surface area contributed by atoms with E-state index in [1.165, 1.54) is 0 Å². The van der Waals surface area contributed by atoms with Gasteiger partial charge in [0, 0.05) is 30.8 Å². The second-order valence-electron chi connectivity index (χ2n) is 4.98. The van der Waals surface area contributed by atoms with Crippen molar-refractivity contribution in [3.63, 3.8) is 0 Å². The Labute approximate surface area is 113 Å². The van der Waals surface area contributed by atoms with E-state index in [0.717, 1.165) is 30.6 Å². The van der Waals surface area contributed by atoms with E-state index in [1.54, 1.807) is 0 Å².